The molecule has 1 amide bonds. The predicted molar refractivity (Wildman–Crippen MR) is 98.1 cm³/mol. The van der Waals surface area contributed by atoms with Gasteiger partial charge in [0.05, 0.1) is 12.1 Å². The quantitative estimate of drug-likeness (QED) is 0.663. The number of fused-ring (bicyclic) bond motifs is 1. The Morgan fingerprint density at radius 1 is 1.14 bits per heavy atom. The van der Waals surface area contributed by atoms with E-state index in [9.17, 15) is 13.6 Å². The van der Waals surface area contributed by atoms with E-state index in [1.807, 2.05) is 27.9 Å². The van der Waals surface area contributed by atoms with Crippen molar-refractivity contribution in [2.45, 2.75) is 50.7 Å². The molecule has 0 saturated heterocycles. The molecule has 5 rings (SSSR count). The molecule has 0 N–H and O–H groups in total. The van der Waals surface area contributed by atoms with Crippen LogP contribution in [0.1, 0.15) is 60.0 Å². The van der Waals surface area contributed by atoms with E-state index in [-0.39, 0.29) is 23.9 Å². The van der Waals surface area contributed by atoms with E-state index in [4.69, 9.17) is 4.42 Å². The summed E-state index contributed by atoms with van der Waals surface area (Å²) in [6.07, 6.45) is 4.99. The van der Waals surface area contributed by atoms with Gasteiger partial charge in [0.25, 0.3) is 11.8 Å². The smallest absolute Gasteiger partial charge is 0.314 e. The normalized spacial score (nSPS) is 21.8. The van der Waals surface area contributed by atoms with Crippen LogP contribution in [0.15, 0.2) is 41.1 Å². The molecule has 2 atom stereocenters. The van der Waals surface area contributed by atoms with Crippen molar-refractivity contribution in [1.29, 1.82) is 0 Å². The molecule has 3 aromatic rings. The minimum atomic E-state index is -2.83. The second-order valence-electron chi connectivity index (χ2n) is 7.46. The molecule has 0 unspecified atom stereocenters. The lowest BCUT2D eigenvalue weighted by Crippen LogP contribution is -2.43. The lowest BCUT2D eigenvalue weighted by atomic mass is 9.89. The highest BCUT2D eigenvalue weighted by atomic mass is 19.3. The summed E-state index contributed by atoms with van der Waals surface area (Å²) in [5, 5.41) is 11.4. The molecule has 1 aromatic carbocycles. The topological polar surface area (TPSA) is 77.0 Å². The highest BCUT2D eigenvalue weighted by Gasteiger charge is 2.39. The summed E-state index contributed by atoms with van der Waals surface area (Å²) in [6.45, 7) is 0.531. The van der Waals surface area contributed by atoms with Crippen molar-refractivity contribution in [2.75, 3.05) is 0 Å². The van der Waals surface area contributed by atoms with Crippen LogP contribution in [0.5, 0.6) is 0 Å². The average molecular weight is 399 g/mol. The molecule has 0 bridgehead atoms. The number of carbonyl (C=O) groups is 1. The molecule has 2 aromatic heterocycles. The molecular formula is C20H19F2N5O2. The Hall–Kier alpha value is -3.10. The average Bonchev–Trinajstić information content (AvgIpc) is 3.48. The molecule has 2 aliphatic rings. The van der Waals surface area contributed by atoms with Crippen LogP contribution in [0.3, 0.4) is 0 Å². The third-order valence-electron chi connectivity index (χ3n) is 5.78. The monoisotopic (exact) mass is 399 g/mol. The van der Waals surface area contributed by atoms with E-state index in [1.165, 1.54) is 0 Å². The van der Waals surface area contributed by atoms with Crippen molar-refractivity contribution in [2.24, 2.45) is 0 Å². The maximum Gasteiger partial charge on any atom is 0.314 e. The van der Waals surface area contributed by atoms with Gasteiger partial charge in [-0.05, 0) is 36.6 Å². The third kappa shape index (κ3) is 3.10. The van der Waals surface area contributed by atoms with Gasteiger partial charge in [-0.25, -0.2) is 0 Å². The van der Waals surface area contributed by atoms with Crippen molar-refractivity contribution < 1.29 is 18.0 Å². The lowest BCUT2D eigenvalue weighted by Gasteiger charge is -2.38. The van der Waals surface area contributed by atoms with Gasteiger partial charge in [-0.2, -0.15) is 13.9 Å². The highest BCUT2D eigenvalue weighted by molar-refractivity contribution is 5.99. The maximum atomic E-state index is 13.2. The molecule has 7 nitrogen and oxygen atoms in total. The Labute approximate surface area is 165 Å². The largest absolute Gasteiger partial charge is 0.415 e. The van der Waals surface area contributed by atoms with Crippen LogP contribution in [0.25, 0.3) is 11.5 Å². The molecule has 0 spiro atoms. The van der Waals surface area contributed by atoms with Crippen molar-refractivity contribution in [3.8, 4) is 11.5 Å². The van der Waals surface area contributed by atoms with Crippen LogP contribution in [0.4, 0.5) is 8.78 Å². The molecule has 1 fully saturated rings. The number of nitrogens with zero attached hydrogens (tertiary/aromatic N) is 5. The summed E-state index contributed by atoms with van der Waals surface area (Å²) in [6, 6.07) is 7.34. The van der Waals surface area contributed by atoms with Crippen LogP contribution in [0, 0.1) is 0 Å². The Kier molecular flexibility index (Phi) is 4.37. The summed E-state index contributed by atoms with van der Waals surface area (Å²) in [7, 11) is 0. The van der Waals surface area contributed by atoms with Crippen molar-refractivity contribution in [3.05, 3.63) is 53.7 Å². The maximum absolute atomic E-state index is 13.2. The van der Waals surface area contributed by atoms with E-state index in [2.05, 4.69) is 15.3 Å². The standard InChI is InChI=1S/C20H19F2N5O2/c21-17(22)19-25-24-18(29-19)12-6-7-13-11-26(20(28)14(13)10-12)15-4-1-2-5-16(15)27-9-3-8-23-27/h3,6-10,15-17H,1-2,4-5,11H2/t15-,16+/m0/s1. The van der Waals surface area contributed by atoms with E-state index in [0.29, 0.717) is 17.7 Å². The number of amides is 1. The van der Waals surface area contributed by atoms with Crippen LogP contribution in [0.2, 0.25) is 0 Å². The molecule has 1 aliphatic heterocycles. The summed E-state index contributed by atoms with van der Waals surface area (Å²) in [5.74, 6) is -0.793. The van der Waals surface area contributed by atoms with Crippen LogP contribution in [-0.4, -0.2) is 36.8 Å². The Bertz CT molecular complexity index is 1030. The number of rotatable bonds is 4. The summed E-state index contributed by atoms with van der Waals surface area (Å²) < 4.78 is 32.4. The van der Waals surface area contributed by atoms with Gasteiger partial charge in [0, 0.05) is 30.1 Å². The molecule has 3 heterocycles. The summed E-state index contributed by atoms with van der Waals surface area (Å²) in [4.78, 5) is 15.1. The molecule has 0 radical (unpaired) electrons. The van der Waals surface area contributed by atoms with Crippen LogP contribution >= 0.6 is 0 Å². The second-order valence-corrected chi connectivity index (χ2v) is 7.46. The first-order valence-corrected chi connectivity index (χ1v) is 9.67. The first-order valence-electron chi connectivity index (χ1n) is 9.67. The number of carbonyl (C=O) groups excluding carboxylic acids is 1. The molecular weight excluding hydrogens is 380 g/mol. The fourth-order valence-corrected chi connectivity index (χ4v) is 4.40. The second kappa shape index (κ2) is 7.06. The minimum absolute atomic E-state index is 0.0126. The number of halogens is 2. The van der Waals surface area contributed by atoms with Gasteiger partial charge in [-0.3, -0.25) is 9.48 Å². The zero-order valence-electron chi connectivity index (χ0n) is 15.5. The number of benzene rings is 1. The van der Waals surface area contributed by atoms with E-state index < -0.39 is 12.3 Å². The molecule has 150 valence electrons. The van der Waals surface area contributed by atoms with Gasteiger partial charge >= 0.3 is 6.43 Å². The third-order valence-corrected chi connectivity index (χ3v) is 5.78. The highest BCUT2D eigenvalue weighted by Crippen LogP contribution is 2.37. The number of hydrogen-bond donors (Lipinski definition) is 0. The zero-order valence-corrected chi connectivity index (χ0v) is 15.5. The van der Waals surface area contributed by atoms with E-state index >= 15 is 0 Å². The van der Waals surface area contributed by atoms with Gasteiger partial charge in [-0.1, -0.05) is 18.9 Å². The number of alkyl halides is 2. The minimum Gasteiger partial charge on any atom is -0.415 e. The van der Waals surface area contributed by atoms with E-state index in [1.54, 1.807) is 18.3 Å². The fourth-order valence-electron chi connectivity index (χ4n) is 4.40. The SMILES string of the molecule is O=C1c2cc(-c3nnc(C(F)F)o3)ccc2CN1[C@H]1CCCC[C@H]1n1cccn1. The molecule has 1 aliphatic carbocycles. The van der Waals surface area contributed by atoms with Gasteiger partial charge in [0.15, 0.2) is 0 Å². The van der Waals surface area contributed by atoms with Crippen molar-refractivity contribution in [3.63, 3.8) is 0 Å². The van der Waals surface area contributed by atoms with Crippen LogP contribution in [-0.2, 0) is 6.54 Å². The number of hydrogen-bond acceptors (Lipinski definition) is 5. The van der Waals surface area contributed by atoms with Gasteiger partial charge in [0.1, 0.15) is 0 Å². The van der Waals surface area contributed by atoms with Gasteiger partial charge < -0.3 is 9.32 Å². The van der Waals surface area contributed by atoms with Crippen molar-refractivity contribution in [1.82, 2.24) is 24.9 Å². The fraction of sp³-hybridized carbons (Fsp3) is 0.400. The Balaban J connectivity index is 1.43. The zero-order chi connectivity index (χ0) is 20.0. The summed E-state index contributed by atoms with van der Waals surface area (Å²) in [5.41, 5.74) is 1.94. The van der Waals surface area contributed by atoms with E-state index in [0.717, 1.165) is 31.2 Å². The molecule has 29 heavy (non-hydrogen) atoms. The molecule has 9 heteroatoms. The molecule has 1 saturated carbocycles. The Morgan fingerprint density at radius 3 is 2.69 bits per heavy atom. The van der Waals surface area contributed by atoms with Gasteiger partial charge in [-0.15, -0.1) is 10.2 Å². The first-order chi connectivity index (χ1) is 14.1. The summed E-state index contributed by atoms with van der Waals surface area (Å²) >= 11 is 0. The lowest BCUT2D eigenvalue weighted by molar-refractivity contribution is 0.0559. The number of aromatic nitrogens is 4. The Morgan fingerprint density at radius 2 is 1.97 bits per heavy atom. The van der Waals surface area contributed by atoms with Crippen molar-refractivity contribution >= 4 is 5.91 Å². The van der Waals surface area contributed by atoms with Crippen LogP contribution < -0.4 is 0 Å². The first kappa shape index (κ1) is 18.0. The predicted octanol–water partition coefficient (Wildman–Crippen LogP) is 4.01. The van der Waals surface area contributed by atoms with Gasteiger partial charge in [0.2, 0.25) is 5.89 Å².